The lowest BCUT2D eigenvalue weighted by atomic mass is 10.1. The zero-order valence-corrected chi connectivity index (χ0v) is 10.3. The van der Waals surface area contributed by atoms with E-state index in [1.807, 2.05) is 4.98 Å². The molecule has 2 heterocycles. The third-order valence-electron chi connectivity index (χ3n) is 2.82. The molecule has 1 fully saturated rings. The Balaban J connectivity index is 2.34. The summed E-state index contributed by atoms with van der Waals surface area (Å²) in [4.78, 5) is 27.5. The quantitative estimate of drug-likeness (QED) is 0.465. The first-order valence-corrected chi connectivity index (χ1v) is 5.76. The molecule has 0 aliphatic carbocycles. The van der Waals surface area contributed by atoms with E-state index in [4.69, 9.17) is 27.0 Å². The number of rotatable bonds is 3. The van der Waals surface area contributed by atoms with Gasteiger partial charge in [-0.2, -0.15) is 0 Å². The van der Waals surface area contributed by atoms with Crippen LogP contribution < -0.4 is 11.2 Å². The highest BCUT2D eigenvalue weighted by molar-refractivity contribution is 6.30. The minimum absolute atomic E-state index is 0.156. The van der Waals surface area contributed by atoms with E-state index in [2.05, 4.69) is 10.0 Å². The molecule has 1 unspecified atom stereocenters. The molecule has 0 saturated carbocycles. The number of aliphatic hydroxyl groups excluding tert-OH is 1. The fourth-order valence-electron chi connectivity index (χ4n) is 1.91. The third-order valence-corrected chi connectivity index (χ3v) is 3.09. The fourth-order valence-corrected chi connectivity index (χ4v) is 2.07. The number of hydrogen-bond acceptors (Lipinski definition) is 5. The number of H-pyrrole nitrogens is 1. The summed E-state index contributed by atoms with van der Waals surface area (Å²) in [5.41, 5.74) is 7.04. The largest absolute Gasteiger partial charge is 0.394 e. The normalized spacial score (nSPS) is 26.1. The van der Waals surface area contributed by atoms with Gasteiger partial charge in [0.1, 0.15) is 11.3 Å². The Morgan fingerprint density at radius 3 is 3.05 bits per heavy atom. The van der Waals surface area contributed by atoms with Crippen LogP contribution in [0.1, 0.15) is 12.6 Å². The molecule has 1 aromatic rings. The molecular formula is C9H10ClN5O4. The number of aromatic amines is 1. The molecule has 3 atom stereocenters. The van der Waals surface area contributed by atoms with E-state index in [0.717, 1.165) is 10.8 Å². The first-order valence-electron chi connectivity index (χ1n) is 5.38. The van der Waals surface area contributed by atoms with Crippen molar-refractivity contribution in [3.05, 3.63) is 42.5 Å². The Morgan fingerprint density at radius 2 is 2.42 bits per heavy atom. The van der Waals surface area contributed by atoms with Gasteiger partial charge in [0.25, 0.3) is 5.56 Å². The Morgan fingerprint density at radius 1 is 1.68 bits per heavy atom. The zero-order valence-electron chi connectivity index (χ0n) is 9.56. The maximum Gasteiger partial charge on any atom is 0.330 e. The number of ether oxygens (including phenoxy) is 1. The molecule has 10 heteroatoms. The minimum atomic E-state index is -0.755. The maximum absolute atomic E-state index is 11.6. The number of hydrogen-bond donors (Lipinski definition) is 2. The molecular weight excluding hydrogens is 278 g/mol. The van der Waals surface area contributed by atoms with Crippen molar-refractivity contribution < 1.29 is 9.84 Å². The van der Waals surface area contributed by atoms with Crippen molar-refractivity contribution in [2.75, 3.05) is 6.61 Å². The van der Waals surface area contributed by atoms with Gasteiger partial charge in [-0.3, -0.25) is 14.3 Å². The Hall–Kier alpha value is -1.80. The number of halogens is 1. The Kier molecular flexibility index (Phi) is 3.91. The topological polar surface area (TPSA) is 133 Å². The number of aliphatic hydroxyl groups is 1. The average molecular weight is 288 g/mol. The second kappa shape index (κ2) is 5.45. The molecule has 1 saturated heterocycles. The smallest absolute Gasteiger partial charge is 0.330 e. The standard InChI is InChI=1S/C9H10ClN5O4/c10-4-2-15(9(18)12-8(4)17)7-1-5(13-14-11)6(3-16)19-7/h2,5-7,16H,1,3H2,(H,12,17,18)/t5-,6-,7?/m1/s1. The number of aromatic nitrogens is 2. The van der Waals surface area contributed by atoms with Crippen molar-refractivity contribution in [1.29, 1.82) is 0 Å². The van der Waals surface area contributed by atoms with E-state index >= 15 is 0 Å². The van der Waals surface area contributed by atoms with Crippen molar-refractivity contribution in [1.82, 2.24) is 9.55 Å². The molecule has 19 heavy (non-hydrogen) atoms. The van der Waals surface area contributed by atoms with E-state index in [9.17, 15) is 9.59 Å². The van der Waals surface area contributed by atoms with Crippen molar-refractivity contribution in [2.24, 2.45) is 5.11 Å². The van der Waals surface area contributed by atoms with Crippen molar-refractivity contribution in [3.63, 3.8) is 0 Å². The highest BCUT2D eigenvalue weighted by Gasteiger charge is 2.35. The van der Waals surface area contributed by atoms with Crippen LogP contribution in [0.25, 0.3) is 10.4 Å². The Labute approximate surface area is 111 Å². The van der Waals surface area contributed by atoms with Crippen LogP contribution in [0.3, 0.4) is 0 Å². The van der Waals surface area contributed by atoms with Gasteiger partial charge in [-0.15, -0.1) is 0 Å². The molecule has 9 nitrogen and oxygen atoms in total. The third kappa shape index (κ3) is 2.64. The first kappa shape index (κ1) is 13.6. The predicted octanol–water partition coefficient (Wildman–Crippen LogP) is 0.149. The summed E-state index contributed by atoms with van der Waals surface area (Å²) in [6.07, 6.45) is -0.0919. The van der Waals surface area contributed by atoms with Crippen LogP contribution in [0.4, 0.5) is 0 Å². The molecule has 1 aliphatic rings. The summed E-state index contributed by atoms with van der Waals surface area (Å²) >= 11 is 5.64. The van der Waals surface area contributed by atoms with Gasteiger partial charge in [0.05, 0.1) is 18.8 Å². The van der Waals surface area contributed by atoms with Crippen LogP contribution in [0.5, 0.6) is 0 Å². The zero-order chi connectivity index (χ0) is 14.0. The minimum Gasteiger partial charge on any atom is -0.394 e. The van der Waals surface area contributed by atoms with Crippen LogP contribution in [-0.4, -0.2) is 33.4 Å². The lowest BCUT2D eigenvalue weighted by molar-refractivity contribution is -0.0270. The lowest BCUT2D eigenvalue weighted by Gasteiger charge is -2.14. The molecule has 2 rings (SSSR count). The summed E-state index contributed by atoms with van der Waals surface area (Å²) in [6.45, 7) is -0.341. The molecule has 102 valence electrons. The predicted molar refractivity (Wildman–Crippen MR) is 64.9 cm³/mol. The maximum atomic E-state index is 11.6. The van der Waals surface area contributed by atoms with Gasteiger partial charge in [0, 0.05) is 17.5 Å². The van der Waals surface area contributed by atoms with Crippen molar-refractivity contribution in [3.8, 4) is 0 Å². The summed E-state index contributed by atoms with van der Waals surface area (Å²) < 4.78 is 6.50. The summed E-state index contributed by atoms with van der Waals surface area (Å²) in [5.74, 6) is 0. The van der Waals surface area contributed by atoms with E-state index < -0.39 is 29.6 Å². The molecule has 0 aromatic carbocycles. The average Bonchev–Trinajstić information content (AvgIpc) is 2.77. The van der Waals surface area contributed by atoms with Crippen LogP contribution in [0.2, 0.25) is 5.02 Å². The number of nitrogens with zero attached hydrogens (tertiary/aromatic N) is 4. The summed E-state index contributed by atoms with van der Waals surface area (Å²) in [5, 5.41) is 12.5. The molecule has 0 bridgehead atoms. The summed E-state index contributed by atoms with van der Waals surface area (Å²) in [7, 11) is 0. The van der Waals surface area contributed by atoms with E-state index in [0.29, 0.717) is 0 Å². The highest BCUT2D eigenvalue weighted by Crippen LogP contribution is 2.29. The van der Waals surface area contributed by atoms with Gasteiger partial charge < -0.3 is 9.84 Å². The Bertz CT molecular complexity index is 634. The van der Waals surface area contributed by atoms with Gasteiger partial charge in [-0.25, -0.2) is 4.79 Å². The molecule has 0 spiro atoms. The summed E-state index contributed by atoms with van der Waals surface area (Å²) in [6, 6.07) is -0.586. The van der Waals surface area contributed by atoms with Gasteiger partial charge in [-0.05, 0) is 5.53 Å². The highest BCUT2D eigenvalue weighted by atomic mass is 35.5. The van der Waals surface area contributed by atoms with Crippen molar-refractivity contribution in [2.45, 2.75) is 24.8 Å². The van der Waals surface area contributed by atoms with Crippen LogP contribution in [0, 0.1) is 0 Å². The van der Waals surface area contributed by atoms with Gasteiger partial charge in [-0.1, -0.05) is 16.7 Å². The fraction of sp³-hybridized carbons (Fsp3) is 0.556. The lowest BCUT2D eigenvalue weighted by Crippen LogP contribution is -2.32. The van der Waals surface area contributed by atoms with E-state index in [1.165, 1.54) is 0 Å². The second-order valence-corrected chi connectivity index (χ2v) is 4.37. The first-order chi connectivity index (χ1) is 9.06. The van der Waals surface area contributed by atoms with E-state index in [-0.39, 0.29) is 18.1 Å². The second-order valence-electron chi connectivity index (χ2n) is 3.96. The number of nitrogens with one attached hydrogen (secondary N) is 1. The van der Waals surface area contributed by atoms with Gasteiger partial charge in [0.15, 0.2) is 0 Å². The molecule has 0 radical (unpaired) electrons. The van der Waals surface area contributed by atoms with Crippen LogP contribution >= 0.6 is 11.6 Å². The SMILES string of the molecule is [N-]=[N+]=N[C@@H]1CC(n2cc(Cl)c(=O)[nH]c2=O)O[C@@H]1CO. The molecule has 0 amide bonds. The molecule has 1 aliphatic heterocycles. The van der Waals surface area contributed by atoms with Gasteiger partial charge >= 0.3 is 5.69 Å². The molecule has 1 aromatic heterocycles. The van der Waals surface area contributed by atoms with Crippen LogP contribution in [0.15, 0.2) is 20.9 Å². The van der Waals surface area contributed by atoms with Gasteiger partial charge in [0.2, 0.25) is 0 Å². The molecule has 2 N–H and O–H groups in total. The number of azide groups is 1. The monoisotopic (exact) mass is 287 g/mol. The van der Waals surface area contributed by atoms with E-state index in [1.54, 1.807) is 0 Å². The van der Waals surface area contributed by atoms with Crippen LogP contribution in [-0.2, 0) is 4.74 Å². The van der Waals surface area contributed by atoms with Crippen molar-refractivity contribution >= 4 is 11.6 Å².